The average molecular weight is 640 g/mol. The van der Waals surface area contributed by atoms with E-state index >= 15 is 0 Å². The number of fused-ring (bicyclic) bond motifs is 2. The standard InChI is InChI=1S/C35H41N7O5/c1-34(2,3)46-32(43)41-16-8-12-25(41)29-37-22-15-14-20(18-24(22)39-29)27-19-36-31(45-27)21-10-7-11-23-28(21)40-30(38-23)26-13-9-17-42(26)33(44)47-35(4,5)6/h7,10-11,14-15,18-19,25-26H,8-9,12-13,16-17H2,1-6H3,(H,37,39)(H,38,40). The number of nitrogens with one attached hydrogen (secondary N) is 2. The number of aromatic amines is 2. The summed E-state index contributed by atoms with van der Waals surface area (Å²) in [6.07, 6.45) is 4.44. The van der Waals surface area contributed by atoms with E-state index in [-0.39, 0.29) is 24.3 Å². The zero-order chi connectivity index (χ0) is 33.1. The molecule has 0 spiro atoms. The fourth-order valence-electron chi connectivity index (χ4n) is 6.43. The summed E-state index contributed by atoms with van der Waals surface area (Å²) >= 11 is 0. The van der Waals surface area contributed by atoms with Crippen LogP contribution in [0, 0.1) is 0 Å². The van der Waals surface area contributed by atoms with E-state index in [2.05, 4.69) is 15.0 Å². The number of imidazole rings is 2. The molecule has 3 aromatic heterocycles. The van der Waals surface area contributed by atoms with Crippen LogP contribution in [0.2, 0.25) is 0 Å². The van der Waals surface area contributed by atoms with Crippen molar-refractivity contribution in [2.24, 2.45) is 0 Å². The van der Waals surface area contributed by atoms with Crippen molar-refractivity contribution in [3.63, 3.8) is 0 Å². The Morgan fingerprint density at radius 2 is 1.45 bits per heavy atom. The fourth-order valence-corrected chi connectivity index (χ4v) is 6.43. The molecular formula is C35H41N7O5. The number of ether oxygens (including phenoxy) is 2. The number of para-hydroxylation sites is 1. The normalized spacial score (nSPS) is 18.9. The highest BCUT2D eigenvalue weighted by Crippen LogP contribution is 2.37. The molecule has 2 N–H and O–H groups in total. The molecule has 0 aliphatic carbocycles. The fraction of sp³-hybridized carbons (Fsp3) is 0.457. The number of H-pyrrole nitrogens is 2. The molecule has 0 bridgehead atoms. The third-order valence-electron chi connectivity index (χ3n) is 8.44. The summed E-state index contributed by atoms with van der Waals surface area (Å²) < 4.78 is 17.6. The van der Waals surface area contributed by atoms with Gasteiger partial charge in [-0.1, -0.05) is 6.07 Å². The molecule has 2 saturated heterocycles. The molecule has 5 aromatic rings. The number of oxazole rings is 1. The van der Waals surface area contributed by atoms with Crippen molar-refractivity contribution in [2.45, 2.75) is 90.5 Å². The maximum Gasteiger partial charge on any atom is 0.410 e. The highest BCUT2D eigenvalue weighted by atomic mass is 16.6. The number of likely N-dealkylation sites (tertiary alicyclic amines) is 2. The maximum absolute atomic E-state index is 12.9. The largest absolute Gasteiger partial charge is 0.444 e. The van der Waals surface area contributed by atoms with Crippen molar-refractivity contribution >= 4 is 34.3 Å². The molecule has 0 saturated carbocycles. The van der Waals surface area contributed by atoms with Crippen LogP contribution in [0.5, 0.6) is 0 Å². The quantitative estimate of drug-likeness (QED) is 0.202. The van der Waals surface area contributed by atoms with Crippen LogP contribution in [0.1, 0.15) is 91.0 Å². The summed E-state index contributed by atoms with van der Waals surface area (Å²) in [6.45, 7) is 12.5. The average Bonchev–Trinajstić information content (AvgIpc) is 3.82. The minimum Gasteiger partial charge on any atom is -0.444 e. The number of hydrogen-bond acceptors (Lipinski definition) is 8. The maximum atomic E-state index is 12.9. The van der Waals surface area contributed by atoms with Gasteiger partial charge in [0, 0.05) is 18.7 Å². The third kappa shape index (κ3) is 6.16. The van der Waals surface area contributed by atoms with Crippen LogP contribution in [0.4, 0.5) is 9.59 Å². The molecule has 2 unspecified atom stereocenters. The molecule has 2 fully saturated rings. The van der Waals surface area contributed by atoms with E-state index in [0.717, 1.165) is 70.5 Å². The molecule has 2 atom stereocenters. The smallest absolute Gasteiger partial charge is 0.410 e. The Labute approximate surface area is 272 Å². The second-order valence-electron chi connectivity index (χ2n) is 14.4. The van der Waals surface area contributed by atoms with Gasteiger partial charge in [-0.05, 0) is 97.6 Å². The monoisotopic (exact) mass is 639 g/mol. The lowest BCUT2D eigenvalue weighted by molar-refractivity contribution is 0.0208. The number of carbonyl (C=O) groups excluding carboxylic acids is 2. The molecule has 2 aromatic carbocycles. The first-order valence-electron chi connectivity index (χ1n) is 16.3. The summed E-state index contributed by atoms with van der Waals surface area (Å²) in [4.78, 5) is 50.6. The van der Waals surface area contributed by atoms with E-state index in [1.807, 2.05) is 77.9 Å². The molecule has 12 heteroatoms. The van der Waals surface area contributed by atoms with Gasteiger partial charge < -0.3 is 23.9 Å². The van der Waals surface area contributed by atoms with Crippen LogP contribution in [0.3, 0.4) is 0 Å². The molecule has 12 nitrogen and oxygen atoms in total. The molecule has 5 heterocycles. The van der Waals surface area contributed by atoms with Gasteiger partial charge in [0.2, 0.25) is 5.89 Å². The van der Waals surface area contributed by atoms with Gasteiger partial charge in [0.1, 0.15) is 28.4 Å². The first kappa shape index (κ1) is 30.8. The van der Waals surface area contributed by atoms with Gasteiger partial charge in [0.15, 0.2) is 5.76 Å². The highest BCUT2D eigenvalue weighted by molar-refractivity contribution is 5.90. The van der Waals surface area contributed by atoms with Gasteiger partial charge in [-0.2, -0.15) is 0 Å². The third-order valence-corrected chi connectivity index (χ3v) is 8.44. The molecule has 7 rings (SSSR count). The van der Waals surface area contributed by atoms with Crippen molar-refractivity contribution in [1.29, 1.82) is 0 Å². The molecule has 47 heavy (non-hydrogen) atoms. The van der Waals surface area contributed by atoms with Gasteiger partial charge in [-0.25, -0.2) is 24.5 Å². The van der Waals surface area contributed by atoms with Gasteiger partial charge >= 0.3 is 12.2 Å². The summed E-state index contributed by atoms with van der Waals surface area (Å²) in [5.41, 5.74) is 3.68. The van der Waals surface area contributed by atoms with E-state index in [9.17, 15) is 9.59 Å². The number of carbonyl (C=O) groups is 2. The first-order valence-corrected chi connectivity index (χ1v) is 16.3. The lowest BCUT2D eigenvalue weighted by Gasteiger charge is -2.27. The van der Waals surface area contributed by atoms with Crippen molar-refractivity contribution in [3.05, 3.63) is 54.2 Å². The van der Waals surface area contributed by atoms with Gasteiger partial charge in [-0.3, -0.25) is 9.80 Å². The highest BCUT2D eigenvalue weighted by Gasteiger charge is 2.36. The summed E-state index contributed by atoms with van der Waals surface area (Å²) in [7, 11) is 0. The minimum atomic E-state index is -0.572. The van der Waals surface area contributed by atoms with Crippen molar-refractivity contribution in [2.75, 3.05) is 13.1 Å². The number of rotatable bonds is 4. The van der Waals surface area contributed by atoms with E-state index in [1.165, 1.54) is 0 Å². The molecule has 2 aliphatic rings. The molecule has 2 aliphatic heterocycles. The lowest BCUT2D eigenvalue weighted by Crippen LogP contribution is -2.36. The Bertz CT molecular complexity index is 1960. The predicted octanol–water partition coefficient (Wildman–Crippen LogP) is 7.91. The Kier molecular flexibility index (Phi) is 7.48. The van der Waals surface area contributed by atoms with Gasteiger partial charge in [0.25, 0.3) is 0 Å². The molecule has 0 radical (unpaired) electrons. The zero-order valence-corrected chi connectivity index (χ0v) is 27.7. The van der Waals surface area contributed by atoms with Crippen molar-refractivity contribution in [1.82, 2.24) is 34.7 Å². The number of nitrogens with zero attached hydrogens (tertiary/aromatic N) is 5. The molecular weight excluding hydrogens is 598 g/mol. The van der Waals surface area contributed by atoms with E-state index in [1.54, 1.807) is 16.0 Å². The van der Waals surface area contributed by atoms with Crippen LogP contribution >= 0.6 is 0 Å². The summed E-state index contributed by atoms with van der Waals surface area (Å²) in [6, 6.07) is 11.4. The van der Waals surface area contributed by atoms with E-state index < -0.39 is 11.2 Å². The summed E-state index contributed by atoms with van der Waals surface area (Å²) in [5.74, 6) is 2.51. The number of aromatic nitrogens is 5. The van der Waals surface area contributed by atoms with Crippen molar-refractivity contribution < 1.29 is 23.5 Å². The number of amides is 2. The Balaban J connectivity index is 1.13. The van der Waals surface area contributed by atoms with Crippen molar-refractivity contribution in [3.8, 4) is 22.8 Å². The minimum absolute atomic E-state index is 0.169. The van der Waals surface area contributed by atoms with Crippen LogP contribution < -0.4 is 0 Å². The van der Waals surface area contributed by atoms with Crippen LogP contribution in [-0.4, -0.2) is 71.2 Å². The predicted molar refractivity (Wildman–Crippen MR) is 177 cm³/mol. The van der Waals surface area contributed by atoms with Crippen LogP contribution in [0.25, 0.3) is 44.8 Å². The van der Waals surface area contributed by atoms with Gasteiger partial charge in [0.05, 0.1) is 40.4 Å². The Hall–Kier alpha value is -4.87. The molecule has 2 amide bonds. The number of benzene rings is 2. The van der Waals surface area contributed by atoms with E-state index in [0.29, 0.717) is 24.7 Å². The first-order chi connectivity index (χ1) is 22.3. The second-order valence-corrected chi connectivity index (χ2v) is 14.4. The Morgan fingerprint density at radius 1 is 0.830 bits per heavy atom. The second kappa shape index (κ2) is 11.4. The SMILES string of the molecule is CC(C)(C)OC(=O)N1CCCC1c1nc2ccc(-c3cnc(-c4cccc5[nH]c(C6CCCN6C(=O)OC(C)(C)C)nc45)o3)cc2[nH]1. The number of hydrogen-bond donors (Lipinski definition) is 2. The van der Waals surface area contributed by atoms with Crippen LogP contribution in [-0.2, 0) is 9.47 Å². The summed E-state index contributed by atoms with van der Waals surface area (Å²) in [5, 5.41) is 0. The Morgan fingerprint density at radius 3 is 2.09 bits per heavy atom. The topological polar surface area (TPSA) is 142 Å². The van der Waals surface area contributed by atoms with Gasteiger partial charge in [-0.15, -0.1) is 0 Å². The van der Waals surface area contributed by atoms with Crippen LogP contribution in [0.15, 0.2) is 47.0 Å². The van der Waals surface area contributed by atoms with E-state index in [4.69, 9.17) is 23.9 Å². The molecule has 246 valence electrons. The zero-order valence-electron chi connectivity index (χ0n) is 27.7. The lowest BCUT2D eigenvalue weighted by atomic mass is 10.1.